The molecular formula is C12H16N4O4S. The summed E-state index contributed by atoms with van der Waals surface area (Å²) in [6, 6.07) is 0. The third kappa shape index (κ3) is 2.40. The molecule has 3 rings (SSSR count). The van der Waals surface area contributed by atoms with Gasteiger partial charge in [0, 0.05) is 0 Å². The largest absolute Gasteiger partial charge is 0.394 e. The Morgan fingerprint density at radius 1 is 1.29 bits per heavy atom. The molecule has 9 heteroatoms. The van der Waals surface area contributed by atoms with Crippen LogP contribution in [0.15, 0.2) is 17.7 Å². The molecule has 0 saturated carbocycles. The molecule has 1 fully saturated rings. The van der Waals surface area contributed by atoms with Crippen LogP contribution < -0.4 is 0 Å². The maximum absolute atomic E-state index is 10.1. The van der Waals surface area contributed by atoms with Gasteiger partial charge in [0.15, 0.2) is 11.9 Å². The van der Waals surface area contributed by atoms with Crippen molar-refractivity contribution in [3.63, 3.8) is 0 Å². The van der Waals surface area contributed by atoms with Crippen molar-refractivity contribution in [3.05, 3.63) is 12.7 Å². The molecule has 21 heavy (non-hydrogen) atoms. The minimum Gasteiger partial charge on any atom is -0.394 e. The summed E-state index contributed by atoms with van der Waals surface area (Å²) < 4.78 is 7.05. The van der Waals surface area contributed by atoms with Crippen LogP contribution in [0.3, 0.4) is 0 Å². The van der Waals surface area contributed by atoms with Gasteiger partial charge in [-0.05, 0) is 5.75 Å². The maximum Gasteiger partial charge on any atom is 0.166 e. The van der Waals surface area contributed by atoms with Crippen molar-refractivity contribution in [3.8, 4) is 0 Å². The van der Waals surface area contributed by atoms with Crippen molar-refractivity contribution in [1.29, 1.82) is 0 Å². The minimum absolute atomic E-state index is 0.368. The fourth-order valence-corrected chi connectivity index (χ4v) is 3.04. The van der Waals surface area contributed by atoms with E-state index < -0.39 is 24.5 Å². The summed E-state index contributed by atoms with van der Waals surface area (Å²) in [5, 5.41) is 29.8. The number of aromatic nitrogens is 4. The van der Waals surface area contributed by atoms with Crippen LogP contribution in [0.25, 0.3) is 11.2 Å². The number of nitrogens with zero attached hydrogens (tertiary/aromatic N) is 4. The highest BCUT2D eigenvalue weighted by atomic mass is 32.2. The SMILES string of the molecule is CCSc1ncnc2c1ncn2[C@@H]1O[C@H](CO)C(O)C1O. The van der Waals surface area contributed by atoms with Gasteiger partial charge in [-0.3, -0.25) is 4.57 Å². The molecule has 1 saturated heterocycles. The molecule has 2 aromatic rings. The number of fused-ring (bicyclic) bond motifs is 1. The monoisotopic (exact) mass is 312 g/mol. The molecule has 0 spiro atoms. The Hall–Kier alpha value is -1.26. The van der Waals surface area contributed by atoms with Gasteiger partial charge < -0.3 is 20.1 Å². The van der Waals surface area contributed by atoms with Gasteiger partial charge in [-0.15, -0.1) is 11.8 Å². The van der Waals surface area contributed by atoms with Gasteiger partial charge in [0.05, 0.1) is 12.9 Å². The van der Waals surface area contributed by atoms with E-state index in [2.05, 4.69) is 15.0 Å². The van der Waals surface area contributed by atoms with Crippen molar-refractivity contribution >= 4 is 22.9 Å². The van der Waals surface area contributed by atoms with E-state index in [1.165, 1.54) is 12.7 Å². The van der Waals surface area contributed by atoms with Crippen molar-refractivity contribution in [1.82, 2.24) is 19.5 Å². The van der Waals surface area contributed by atoms with Gasteiger partial charge in [-0.2, -0.15) is 0 Å². The molecule has 3 heterocycles. The second-order valence-electron chi connectivity index (χ2n) is 4.66. The minimum atomic E-state index is -1.16. The Morgan fingerprint density at radius 3 is 2.76 bits per heavy atom. The fourth-order valence-electron chi connectivity index (χ4n) is 2.37. The molecular weight excluding hydrogens is 296 g/mol. The van der Waals surface area contributed by atoms with Crippen molar-refractivity contribution in [2.45, 2.75) is 36.5 Å². The molecule has 4 atom stereocenters. The van der Waals surface area contributed by atoms with Crippen LogP contribution in [0.5, 0.6) is 0 Å². The summed E-state index contributed by atoms with van der Waals surface area (Å²) in [6.45, 7) is 1.65. The standard InChI is InChI=1S/C12H16N4O4S/c1-2-21-11-7-10(13-4-14-11)16(5-15-7)12-9(19)8(18)6(3-17)20-12/h4-6,8-9,12,17-19H,2-3H2,1H3/t6-,8?,9?,12-/m1/s1. The third-order valence-electron chi connectivity index (χ3n) is 3.40. The van der Waals surface area contributed by atoms with Crippen LogP contribution in [-0.2, 0) is 4.74 Å². The average Bonchev–Trinajstić information content (AvgIpc) is 3.03. The molecule has 8 nitrogen and oxygen atoms in total. The number of ether oxygens (including phenoxy) is 1. The van der Waals surface area contributed by atoms with Gasteiger partial charge in [-0.25, -0.2) is 15.0 Å². The lowest BCUT2D eigenvalue weighted by Gasteiger charge is -2.16. The zero-order valence-electron chi connectivity index (χ0n) is 11.3. The number of rotatable bonds is 4. The van der Waals surface area contributed by atoms with Crippen LogP contribution in [0.1, 0.15) is 13.2 Å². The van der Waals surface area contributed by atoms with E-state index in [1.54, 1.807) is 16.3 Å². The lowest BCUT2D eigenvalue weighted by molar-refractivity contribution is -0.0511. The van der Waals surface area contributed by atoms with E-state index in [-0.39, 0.29) is 6.61 Å². The lowest BCUT2D eigenvalue weighted by Crippen LogP contribution is -2.33. The van der Waals surface area contributed by atoms with E-state index >= 15 is 0 Å². The topological polar surface area (TPSA) is 114 Å². The molecule has 0 aromatic carbocycles. The molecule has 3 N–H and O–H groups in total. The first-order chi connectivity index (χ1) is 10.2. The normalized spacial score (nSPS) is 29.3. The number of imidazole rings is 1. The summed E-state index contributed by atoms with van der Waals surface area (Å²) in [5.74, 6) is 0.854. The van der Waals surface area contributed by atoms with Crippen molar-refractivity contribution in [2.75, 3.05) is 12.4 Å². The maximum atomic E-state index is 10.1. The van der Waals surface area contributed by atoms with Crippen molar-refractivity contribution in [2.24, 2.45) is 0 Å². The Labute approximate surface area is 124 Å². The highest BCUT2D eigenvalue weighted by Crippen LogP contribution is 2.32. The molecule has 1 aliphatic rings. The highest BCUT2D eigenvalue weighted by Gasteiger charge is 2.43. The van der Waals surface area contributed by atoms with Crippen LogP contribution in [0, 0.1) is 0 Å². The van der Waals surface area contributed by atoms with Gasteiger partial charge in [0.25, 0.3) is 0 Å². The zero-order valence-corrected chi connectivity index (χ0v) is 12.1. The fraction of sp³-hybridized carbons (Fsp3) is 0.583. The number of aliphatic hydroxyl groups excluding tert-OH is 3. The number of aliphatic hydroxyl groups is 3. The molecule has 114 valence electrons. The van der Waals surface area contributed by atoms with E-state index in [4.69, 9.17) is 9.84 Å². The molecule has 2 aromatic heterocycles. The van der Waals surface area contributed by atoms with Crippen LogP contribution >= 0.6 is 11.8 Å². The summed E-state index contributed by atoms with van der Waals surface area (Å²) in [7, 11) is 0. The van der Waals surface area contributed by atoms with Gasteiger partial charge in [0.2, 0.25) is 0 Å². The Balaban J connectivity index is 2.00. The average molecular weight is 312 g/mol. The first-order valence-electron chi connectivity index (χ1n) is 6.60. The van der Waals surface area contributed by atoms with Gasteiger partial charge in [0.1, 0.15) is 35.2 Å². The van der Waals surface area contributed by atoms with E-state index in [9.17, 15) is 10.2 Å². The predicted molar refractivity (Wildman–Crippen MR) is 74.7 cm³/mol. The Kier molecular flexibility index (Phi) is 4.09. The Bertz CT molecular complexity index is 637. The predicted octanol–water partition coefficient (Wildman–Crippen LogP) is -0.450. The highest BCUT2D eigenvalue weighted by molar-refractivity contribution is 7.99. The first-order valence-corrected chi connectivity index (χ1v) is 7.58. The molecule has 0 bridgehead atoms. The van der Waals surface area contributed by atoms with Crippen LogP contribution in [-0.4, -0.2) is 65.5 Å². The molecule has 0 aliphatic carbocycles. The van der Waals surface area contributed by atoms with E-state index in [0.29, 0.717) is 11.2 Å². The number of hydrogen-bond donors (Lipinski definition) is 3. The van der Waals surface area contributed by atoms with E-state index in [1.807, 2.05) is 6.92 Å². The second kappa shape index (κ2) is 5.85. The summed E-state index contributed by atoms with van der Waals surface area (Å²) >= 11 is 1.55. The number of thioether (sulfide) groups is 1. The molecule has 0 amide bonds. The first kappa shape index (κ1) is 14.7. The summed E-state index contributed by atoms with van der Waals surface area (Å²) in [4.78, 5) is 12.6. The Morgan fingerprint density at radius 2 is 2.10 bits per heavy atom. The van der Waals surface area contributed by atoms with Gasteiger partial charge in [-0.1, -0.05) is 6.92 Å². The lowest BCUT2D eigenvalue weighted by atomic mass is 10.1. The van der Waals surface area contributed by atoms with Gasteiger partial charge >= 0.3 is 0 Å². The number of hydrogen-bond acceptors (Lipinski definition) is 8. The molecule has 2 unspecified atom stereocenters. The summed E-state index contributed by atoms with van der Waals surface area (Å²) in [5.41, 5.74) is 1.15. The van der Waals surface area contributed by atoms with Crippen LogP contribution in [0.2, 0.25) is 0 Å². The summed E-state index contributed by atoms with van der Waals surface area (Å²) in [6.07, 6.45) is -1.04. The third-order valence-corrected chi connectivity index (χ3v) is 4.26. The molecule has 0 radical (unpaired) electrons. The zero-order chi connectivity index (χ0) is 15.0. The van der Waals surface area contributed by atoms with E-state index in [0.717, 1.165) is 10.8 Å². The van der Waals surface area contributed by atoms with Crippen LogP contribution in [0.4, 0.5) is 0 Å². The van der Waals surface area contributed by atoms with Crippen molar-refractivity contribution < 1.29 is 20.1 Å². The molecule has 1 aliphatic heterocycles. The smallest absolute Gasteiger partial charge is 0.166 e. The quantitative estimate of drug-likeness (QED) is 0.514. The second-order valence-corrected chi connectivity index (χ2v) is 5.92.